The lowest BCUT2D eigenvalue weighted by Crippen LogP contribution is -2.26. The Morgan fingerprint density at radius 3 is 2.81 bits per heavy atom. The number of rotatable bonds is 6. The summed E-state index contributed by atoms with van der Waals surface area (Å²) in [7, 11) is 0. The molecule has 0 unspecified atom stereocenters. The predicted molar refractivity (Wildman–Crippen MR) is 85.6 cm³/mol. The Hall–Kier alpha value is -1.71. The van der Waals surface area contributed by atoms with E-state index in [0.717, 1.165) is 25.7 Å². The number of ether oxygens (including phenoxy) is 1. The number of amides is 1. The maximum absolute atomic E-state index is 12.3. The predicted octanol–water partition coefficient (Wildman–Crippen LogP) is 3.51. The number of benzene rings is 1. The first-order chi connectivity index (χ1) is 10.2. The van der Waals surface area contributed by atoms with Crippen molar-refractivity contribution in [1.29, 1.82) is 0 Å². The van der Waals surface area contributed by atoms with Crippen LogP contribution < -0.4 is 15.8 Å². The first-order valence-electron chi connectivity index (χ1n) is 8.05. The summed E-state index contributed by atoms with van der Waals surface area (Å²) in [5, 5.41) is 2.93. The van der Waals surface area contributed by atoms with Crippen LogP contribution in [0.3, 0.4) is 0 Å². The molecule has 0 bridgehead atoms. The highest BCUT2D eigenvalue weighted by molar-refractivity contribution is 5.97. The molecule has 0 heterocycles. The van der Waals surface area contributed by atoms with Gasteiger partial charge in [-0.15, -0.1) is 0 Å². The molecule has 4 heteroatoms. The lowest BCUT2D eigenvalue weighted by atomic mass is 9.97. The fourth-order valence-corrected chi connectivity index (χ4v) is 2.66. The molecule has 1 fully saturated rings. The Bertz CT molecular complexity index is 468. The summed E-state index contributed by atoms with van der Waals surface area (Å²) >= 11 is 0. The molecule has 1 aliphatic rings. The zero-order chi connectivity index (χ0) is 15.1. The minimum absolute atomic E-state index is 0.0958. The van der Waals surface area contributed by atoms with Gasteiger partial charge >= 0.3 is 0 Å². The van der Waals surface area contributed by atoms with E-state index in [2.05, 4.69) is 12.2 Å². The fraction of sp³-hybridized carbons (Fsp3) is 0.588. The Labute approximate surface area is 127 Å². The van der Waals surface area contributed by atoms with E-state index < -0.39 is 0 Å². The topological polar surface area (TPSA) is 64.4 Å². The van der Waals surface area contributed by atoms with Gasteiger partial charge in [-0.1, -0.05) is 19.8 Å². The van der Waals surface area contributed by atoms with E-state index >= 15 is 0 Å². The van der Waals surface area contributed by atoms with E-state index in [1.54, 1.807) is 12.1 Å². The number of anilines is 1. The maximum Gasteiger partial charge on any atom is 0.255 e. The smallest absolute Gasteiger partial charge is 0.255 e. The molecule has 1 aromatic carbocycles. The van der Waals surface area contributed by atoms with Gasteiger partial charge in [-0.05, 0) is 50.3 Å². The molecule has 0 aliphatic heterocycles. The van der Waals surface area contributed by atoms with Gasteiger partial charge in [0.15, 0.2) is 0 Å². The Morgan fingerprint density at radius 2 is 2.10 bits per heavy atom. The van der Waals surface area contributed by atoms with Crippen LogP contribution in [0.25, 0.3) is 0 Å². The van der Waals surface area contributed by atoms with Crippen molar-refractivity contribution in [3.05, 3.63) is 23.8 Å². The van der Waals surface area contributed by atoms with E-state index in [1.165, 1.54) is 19.3 Å². The molecule has 0 radical (unpaired) electrons. The second kappa shape index (κ2) is 7.91. The second-order valence-corrected chi connectivity index (χ2v) is 5.74. The molecule has 1 aromatic rings. The van der Waals surface area contributed by atoms with Crippen LogP contribution in [0.4, 0.5) is 5.69 Å². The third kappa shape index (κ3) is 4.66. The quantitative estimate of drug-likeness (QED) is 0.622. The average molecular weight is 290 g/mol. The van der Waals surface area contributed by atoms with Crippen LogP contribution in [0.1, 0.15) is 62.2 Å². The summed E-state index contributed by atoms with van der Waals surface area (Å²) in [6.45, 7) is 2.79. The summed E-state index contributed by atoms with van der Waals surface area (Å²) in [5.74, 6) is 0.562. The Balaban J connectivity index is 2.06. The molecule has 21 heavy (non-hydrogen) atoms. The summed E-state index contributed by atoms with van der Waals surface area (Å²) < 4.78 is 6.05. The number of nitrogens with one attached hydrogen (secondary N) is 1. The molecule has 4 nitrogen and oxygen atoms in total. The third-order valence-electron chi connectivity index (χ3n) is 3.91. The average Bonchev–Trinajstić information content (AvgIpc) is 2.50. The van der Waals surface area contributed by atoms with Crippen molar-refractivity contribution in [2.45, 2.75) is 58.0 Å². The van der Waals surface area contributed by atoms with Crippen molar-refractivity contribution in [2.24, 2.45) is 0 Å². The molecule has 116 valence electrons. The number of nitrogens with two attached hydrogens (primary N) is 1. The number of unbranched alkanes of at least 4 members (excludes halogenated alkanes) is 1. The minimum atomic E-state index is -0.0958. The van der Waals surface area contributed by atoms with Crippen LogP contribution in [0, 0.1) is 0 Å². The Morgan fingerprint density at radius 1 is 1.33 bits per heavy atom. The first-order valence-corrected chi connectivity index (χ1v) is 8.05. The minimum Gasteiger partial charge on any atom is -0.490 e. The van der Waals surface area contributed by atoms with E-state index in [0.29, 0.717) is 23.5 Å². The number of hydrogen-bond acceptors (Lipinski definition) is 3. The summed E-state index contributed by atoms with van der Waals surface area (Å²) in [6, 6.07) is 5.32. The van der Waals surface area contributed by atoms with Crippen LogP contribution >= 0.6 is 0 Å². The van der Waals surface area contributed by atoms with Gasteiger partial charge in [0.1, 0.15) is 5.75 Å². The van der Waals surface area contributed by atoms with Gasteiger partial charge < -0.3 is 15.8 Å². The van der Waals surface area contributed by atoms with E-state index in [4.69, 9.17) is 10.5 Å². The van der Waals surface area contributed by atoms with E-state index in [1.807, 2.05) is 6.07 Å². The van der Waals surface area contributed by atoms with Crippen molar-refractivity contribution in [3.8, 4) is 5.75 Å². The summed E-state index contributed by atoms with van der Waals surface area (Å²) in [4.78, 5) is 12.3. The van der Waals surface area contributed by atoms with Gasteiger partial charge in [-0.2, -0.15) is 0 Å². The molecule has 0 saturated heterocycles. The van der Waals surface area contributed by atoms with Gasteiger partial charge in [0.25, 0.3) is 5.91 Å². The monoisotopic (exact) mass is 290 g/mol. The highest BCUT2D eigenvalue weighted by atomic mass is 16.5. The van der Waals surface area contributed by atoms with E-state index in [9.17, 15) is 4.79 Å². The van der Waals surface area contributed by atoms with Gasteiger partial charge in [-0.25, -0.2) is 0 Å². The largest absolute Gasteiger partial charge is 0.490 e. The molecule has 1 amide bonds. The molecule has 0 spiro atoms. The Kier molecular flexibility index (Phi) is 5.90. The van der Waals surface area contributed by atoms with Gasteiger partial charge in [-0.3, -0.25) is 4.79 Å². The summed E-state index contributed by atoms with van der Waals surface area (Å²) in [6.07, 6.45) is 8.10. The van der Waals surface area contributed by atoms with Crippen molar-refractivity contribution in [2.75, 3.05) is 12.3 Å². The third-order valence-corrected chi connectivity index (χ3v) is 3.91. The molecule has 2 rings (SSSR count). The zero-order valence-corrected chi connectivity index (χ0v) is 12.9. The molecular formula is C17H26N2O2. The van der Waals surface area contributed by atoms with Gasteiger partial charge in [0.2, 0.25) is 0 Å². The summed E-state index contributed by atoms with van der Waals surface area (Å²) in [5.41, 5.74) is 6.96. The lowest BCUT2D eigenvalue weighted by Gasteiger charge is -2.24. The standard InChI is InChI=1S/C17H26N2O2/c1-2-3-11-19-17(20)15-12-13(18)9-10-16(15)21-14-7-5-4-6-8-14/h9-10,12,14H,2-8,11,18H2,1H3,(H,19,20). The number of hydrogen-bond donors (Lipinski definition) is 2. The molecular weight excluding hydrogens is 264 g/mol. The molecule has 3 N–H and O–H groups in total. The highest BCUT2D eigenvalue weighted by Crippen LogP contribution is 2.27. The van der Waals surface area contributed by atoms with Crippen molar-refractivity contribution >= 4 is 11.6 Å². The second-order valence-electron chi connectivity index (χ2n) is 5.74. The first kappa shape index (κ1) is 15.7. The molecule has 1 aliphatic carbocycles. The SMILES string of the molecule is CCCCNC(=O)c1cc(N)ccc1OC1CCCCC1. The van der Waals surface area contributed by atoms with Crippen LogP contribution in [0.5, 0.6) is 5.75 Å². The fourth-order valence-electron chi connectivity index (χ4n) is 2.66. The van der Waals surface area contributed by atoms with Crippen LogP contribution in [-0.4, -0.2) is 18.6 Å². The zero-order valence-electron chi connectivity index (χ0n) is 12.9. The van der Waals surface area contributed by atoms with Crippen LogP contribution in [0.15, 0.2) is 18.2 Å². The van der Waals surface area contributed by atoms with Crippen LogP contribution in [-0.2, 0) is 0 Å². The number of nitrogen functional groups attached to an aromatic ring is 1. The normalized spacial score (nSPS) is 15.7. The number of carbonyl (C=O) groups excluding carboxylic acids is 1. The van der Waals surface area contributed by atoms with E-state index in [-0.39, 0.29) is 12.0 Å². The van der Waals surface area contributed by atoms with Crippen LogP contribution in [0.2, 0.25) is 0 Å². The lowest BCUT2D eigenvalue weighted by molar-refractivity contribution is 0.0941. The molecule has 0 aromatic heterocycles. The maximum atomic E-state index is 12.3. The van der Waals surface area contributed by atoms with Crippen molar-refractivity contribution < 1.29 is 9.53 Å². The number of carbonyl (C=O) groups is 1. The van der Waals surface area contributed by atoms with Crippen molar-refractivity contribution in [3.63, 3.8) is 0 Å². The molecule has 0 atom stereocenters. The highest BCUT2D eigenvalue weighted by Gasteiger charge is 2.19. The van der Waals surface area contributed by atoms with Gasteiger partial charge in [0.05, 0.1) is 11.7 Å². The van der Waals surface area contributed by atoms with Gasteiger partial charge in [0, 0.05) is 12.2 Å². The van der Waals surface area contributed by atoms with Crippen molar-refractivity contribution in [1.82, 2.24) is 5.32 Å². The molecule has 1 saturated carbocycles.